The highest BCUT2D eigenvalue weighted by atomic mass is 35.5. The van der Waals surface area contributed by atoms with Crippen LogP contribution in [0.1, 0.15) is 44.1 Å². The van der Waals surface area contributed by atoms with Crippen LogP contribution in [-0.4, -0.2) is 36.8 Å². The standard InChI is InChI=1S/C12H14ClN3O2.C2H6/c1-7-9-10(13)14-2-3-16(9)11(15-7)8-4-12(18,5-8)6-17;1-2/h2-3,8,17-18H,4-6H2,1H3;1-2H3. The van der Waals surface area contributed by atoms with E-state index in [1.807, 2.05) is 31.4 Å². The minimum Gasteiger partial charge on any atom is -0.393 e. The van der Waals surface area contributed by atoms with Crippen LogP contribution in [0.4, 0.5) is 0 Å². The van der Waals surface area contributed by atoms with Crippen LogP contribution in [0.3, 0.4) is 0 Å². The zero-order valence-electron chi connectivity index (χ0n) is 12.0. The fourth-order valence-corrected chi connectivity index (χ4v) is 2.93. The number of rotatable bonds is 2. The number of hydrogen-bond acceptors (Lipinski definition) is 4. The molecule has 0 bridgehead atoms. The van der Waals surface area contributed by atoms with E-state index >= 15 is 0 Å². The summed E-state index contributed by atoms with van der Waals surface area (Å²) in [6.45, 7) is 5.69. The van der Waals surface area contributed by atoms with Crippen LogP contribution in [0, 0.1) is 6.92 Å². The van der Waals surface area contributed by atoms with Gasteiger partial charge in [0, 0.05) is 18.3 Å². The number of hydrogen-bond donors (Lipinski definition) is 2. The Morgan fingerprint density at radius 2 is 2.10 bits per heavy atom. The maximum atomic E-state index is 9.86. The van der Waals surface area contributed by atoms with Crippen molar-refractivity contribution in [2.75, 3.05) is 6.61 Å². The summed E-state index contributed by atoms with van der Waals surface area (Å²) in [6, 6.07) is 0. The summed E-state index contributed by atoms with van der Waals surface area (Å²) >= 11 is 6.06. The summed E-state index contributed by atoms with van der Waals surface area (Å²) in [4.78, 5) is 8.56. The van der Waals surface area contributed by atoms with E-state index in [0.29, 0.717) is 18.0 Å². The second kappa shape index (κ2) is 5.68. The number of halogens is 1. The molecule has 0 unspecified atom stereocenters. The largest absolute Gasteiger partial charge is 0.393 e. The molecule has 20 heavy (non-hydrogen) atoms. The summed E-state index contributed by atoms with van der Waals surface area (Å²) in [5.74, 6) is 1.03. The van der Waals surface area contributed by atoms with Gasteiger partial charge in [-0.2, -0.15) is 0 Å². The van der Waals surface area contributed by atoms with Crippen LogP contribution in [0.15, 0.2) is 12.4 Å². The van der Waals surface area contributed by atoms with E-state index in [2.05, 4.69) is 9.97 Å². The lowest BCUT2D eigenvalue weighted by molar-refractivity contribution is -0.0882. The summed E-state index contributed by atoms with van der Waals surface area (Å²) in [5, 5.41) is 19.4. The molecule has 0 spiro atoms. The summed E-state index contributed by atoms with van der Waals surface area (Å²) in [5.41, 5.74) is 0.706. The Hall–Kier alpha value is -1.17. The van der Waals surface area contributed by atoms with Gasteiger partial charge in [-0.15, -0.1) is 0 Å². The third-order valence-corrected chi connectivity index (χ3v) is 3.90. The topological polar surface area (TPSA) is 70.7 Å². The van der Waals surface area contributed by atoms with Crippen molar-refractivity contribution >= 4 is 17.1 Å². The fourth-order valence-electron chi connectivity index (χ4n) is 2.65. The van der Waals surface area contributed by atoms with Gasteiger partial charge in [0.2, 0.25) is 0 Å². The van der Waals surface area contributed by atoms with Crippen LogP contribution in [0.25, 0.3) is 5.52 Å². The lowest BCUT2D eigenvalue weighted by Crippen LogP contribution is -2.46. The van der Waals surface area contributed by atoms with Crippen molar-refractivity contribution in [2.45, 2.75) is 45.1 Å². The fraction of sp³-hybridized carbons (Fsp3) is 0.571. The monoisotopic (exact) mass is 297 g/mol. The number of aliphatic hydroxyl groups excluding tert-OH is 1. The molecule has 2 heterocycles. The summed E-state index contributed by atoms with van der Waals surface area (Å²) in [7, 11) is 0. The van der Waals surface area contributed by atoms with E-state index in [4.69, 9.17) is 16.7 Å². The molecule has 2 N–H and O–H groups in total. The highest BCUT2D eigenvalue weighted by Crippen LogP contribution is 2.44. The van der Waals surface area contributed by atoms with Gasteiger partial charge in [0.05, 0.1) is 17.9 Å². The predicted molar refractivity (Wildman–Crippen MR) is 78.1 cm³/mol. The average Bonchev–Trinajstić information content (AvgIpc) is 2.76. The van der Waals surface area contributed by atoms with Gasteiger partial charge in [-0.3, -0.25) is 4.40 Å². The first kappa shape index (κ1) is 15.2. The van der Waals surface area contributed by atoms with Crippen LogP contribution in [0.5, 0.6) is 0 Å². The Balaban J connectivity index is 0.000000704. The maximum Gasteiger partial charge on any atom is 0.154 e. The molecule has 0 aromatic carbocycles. The van der Waals surface area contributed by atoms with Crippen molar-refractivity contribution in [3.05, 3.63) is 29.1 Å². The number of imidazole rings is 1. The molecule has 0 aliphatic heterocycles. The van der Waals surface area contributed by atoms with E-state index < -0.39 is 5.60 Å². The molecule has 110 valence electrons. The molecule has 5 nitrogen and oxygen atoms in total. The third-order valence-electron chi connectivity index (χ3n) is 3.62. The van der Waals surface area contributed by atoms with Gasteiger partial charge in [-0.1, -0.05) is 25.4 Å². The van der Waals surface area contributed by atoms with Gasteiger partial charge in [0.25, 0.3) is 0 Å². The SMILES string of the molecule is CC.Cc1nc(C2CC(O)(CO)C2)n2ccnc(Cl)c12. The first-order valence-corrected chi connectivity index (χ1v) is 7.24. The quantitative estimate of drug-likeness (QED) is 0.892. The molecule has 3 rings (SSSR count). The van der Waals surface area contributed by atoms with E-state index in [0.717, 1.165) is 17.0 Å². The van der Waals surface area contributed by atoms with Gasteiger partial charge in [-0.05, 0) is 19.8 Å². The molecule has 1 aliphatic rings. The normalized spacial score (nSPS) is 25.0. The molecule has 0 atom stereocenters. The van der Waals surface area contributed by atoms with Gasteiger partial charge in [0.1, 0.15) is 11.3 Å². The van der Waals surface area contributed by atoms with Crippen LogP contribution in [-0.2, 0) is 0 Å². The zero-order valence-corrected chi connectivity index (χ0v) is 12.7. The second-order valence-electron chi connectivity index (χ2n) is 4.98. The Kier molecular flexibility index (Phi) is 4.32. The lowest BCUT2D eigenvalue weighted by Gasteiger charge is -2.41. The van der Waals surface area contributed by atoms with Crippen molar-refractivity contribution < 1.29 is 10.2 Å². The summed E-state index contributed by atoms with van der Waals surface area (Å²) in [6.07, 6.45) is 4.52. The molecule has 2 aromatic rings. The molecular weight excluding hydrogens is 278 g/mol. The highest BCUT2D eigenvalue weighted by Gasteiger charge is 2.44. The molecule has 1 fully saturated rings. The van der Waals surface area contributed by atoms with Crippen molar-refractivity contribution in [3.63, 3.8) is 0 Å². The molecule has 6 heteroatoms. The number of aliphatic hydroxyl groups is 2. The molecule has 1 saturated carbocycles. The highest BCUT2D eigenvalue weighted by molar-refractivity contribution is 6.32. The van der Waals surface area contributed by atoms with Crippen LogP contribution < -0.4 is 0 Å². The lowest BCUT2D eigenvalue weighted by atomic mass is 9.71. The zero-order chi connectivity index (χ0) is 14.9. The average molecular weight is 298 g/mol. The summed E-state index contributed by atoms with van der Waals surface area (Å²) < 4.78 is 1.92. The minimum absolute atomic E-state index is 0.154. The van der Waals surface area contributed by atoms with Crippen LogP contribution in [0.2, 0.25) is 5.15 Å². The maximum absolute atomic E-state index is 9.86. The van der Waals surface area contributed by atoms with Crippen molar-refractivity contribution in [1.29, 1.82) is 0 Å². The minimum atomic E-state index is -0.943. The Labute approximate surface area is 123 Å². The van der Waals surface area contributed by atoms with E-state index in [9.17, 15) is 5.11 Å². The number of fused-ring (bicyclic) bond motifs is 1. The van der Waals surface area contributed by atoms with Crippen LogP contribution >= 0.6 is 11.6 Å². The molecule has 2 aromatic heterocycles. The van der Waals surface area contributed by atoms with Gasteiger partial charge >= 0.3 is 0 Å². The Morgan fingerprint density at radius 3 is 2.70 bits per heavy atom. The smallest absolute Gasteiger partial charge is 0.154 e. The van der Waals surface area contributed by atoms with Gasteiger partial charge < -0.3 is 10.2 Å². The third kappa shape index (κ3) is 2.41. The predicted octanol–water partition coefficient (Wildman–Crippen LogP) is 2.32. The number of aromatic nitrogens is 3. The van der Waals surface area contributed by atoms with Crippen molar-refractivity contribution in [3.8, 4) is 0 Å². The van der Waals surface area contributed by atoms with Crippen molar-refractivity contribution in [2.24, 2.45) is 0 Å². The second-order valence-corrected chi connectivity index (χ2v) is 5.34. The Morgan fingerprint density at radius 1 is 1.45 bits per heavy atom. The first-order valence-electron chi connectivity index (χ1n) is 6.86. The van der Waals surface area contributed by atoms with E-state index in [1.54, 1.807) is 6.20 Å². The van der Waals surface area contributed by atoms with Crippen molar-refractivity contribution in [1.82, 2.24) is 14.4 Å². The number of nitrogens with zero attached hydrogens (tertiary/aromatic N) is 3. The molecular formula is C14H20ClN3O2. The Bertz CT molecular complexity index is 606. The molecule has 0 saturated heterocycles. The van der Waals surface area contributed by atoms with E-state index in [1.165, 1.54) is 0 Å². The van der Waals surface area contributed by atoms with Gasteiger partial charge in [0.15, 0.2) is 5.15 Å². The molecule has 0 amide bonds. The van der Waals surface area contributed by atoms with E-state index in [-0.39, 0.29) is 12.5 Å². The molecule has 1 aliphatic carbocycles. The number of aryl methyl sites for hydroxylation is 1. The first-order chi connectivity index (χ1) is 9.54. The van der Waals surface area contributed by atoms with Gasteiger partial charge in [-0.25, -0.2) is 9.97 Å². The molecule has 0 radical (unpaired) electrons.